The predicted molar refractivity (Wildman–Crippen MR) is 84.9 cm³/mol. The molecule has 0 atom stereocenters. The molecular formula is C15H28N3O3Si+. The maximum atomic E-state index is 8.61. The first-order chi connectivity index (χ1) is 10.7. The molecule has 1 rings (SSSR count). The second-order valence-corrected chi connectivity index (χ2v) is 7.62. The Kier molecular flexibility index (Phi) is 9.00. The molecule has 0 amide bonds. The minimum absolute atomic E-state index is 0.531. The lowest BCUT2D eigenvalue weighted by Gasteiger charge is -2.28. The van der Waals surface area contributed by atoms with Crippen molar-refractivity contribution in [3.63, 3.8) is 0 Å². The summed E-state index contributed by atoms with van der Waals surface area (Å²) in [5, 5.41) is 8.61. The standard InChI is InChI=1S/C15H28N3O3Si/c1-4-19-22(20-5-2,21-6-3)14-8-11-18-13-12-17(15-18)10-7-9-16/h12-13,15H,4-8,10-11,14H2,1-3H3/q+1. The van der Waals surface area contributed by atoms with Crippen LogP contribution < -0.4 is 4.57 Å². The van der Waals surface area contributed by atoms with E-state index in [4.69, 9.17) is 18.5 Å². The Bertz CT molecular complexity index is 442. The molecule has 0 spiro atoms. The number of imidazole rings is 1. The number of aryl methyl sites for hydroxylation is 2. The van der Waals surface area contributed by atoms with Crippen molar-refractivity contribution >= 4 is 8.80 Å². The Hall–Kier alpha value is -1.20. The van der Waals surface area contributed by atoms with Gasteiger partial charge in [-0.05, 0) is 27.2 Å². The molecule has 0 N–H and O–H groups in total. The summed E-state index contributed by atoms with van der Waals surface area (Å²) in [7, 11) is -2.53. The van der Waals surface area contributed by atoms with Crippen LogP contribution in [0.1, 0.15) is 33.6 Å². The molecule has 22 heavy (non-hydrogen) atoms. The molecule has 124 valence electrons. The number of hydrogen-bond donors (Lipinski definition) is 0. The first-order valence-electron chi connectivity index (χ1n) is 8.03. The highest BCUT2D eigenvalue weighted by Gasteiger charge is 2.39. The van der Waals surface area contributed by atoms with E-state index in [1.54, 1.807) is 0 Å². The van der Waals surface area contributed by atoms with E-state index in [0.29, 0.717) is 26.2 Å². The molecule has 0 fully saturated rings. The minimum atomic E-state index is -2.53. The zero-order valence-electron chi connectivity index (χ0n) is 14.0. The second-order valence-electron chi connectivity index (χ2n) is 4.88. The molecule has 1 aromatic heterocycles. The molecule has 0 aliphatic rings. The van der Waals surface area contributed by atoms with Gasteiger partial charge in [-0.25, -0.2) is 9.13 Å². The highest BCUT2D eigenvalue weighted by Crippen LogP contribution is 2.18. The van der Waals surface area contributed by atoms with Crippen LogP contribution >= 0.6 is 0 Å². The maximum absolute atomic E-state index is 8.61. The van der Waals surface area contributed by atoms with E-state index in [9.17, 15) is 0 Å². The third-order valence-corrected chi connectivity index (χ3v) is 6.37. The number of nitrogens with zero attached hydrogens (tertiary/aromatic N) is 3. The van der Waals surface area contributed by atoms with Crippen molar-refractivity contribution in [1.82, 2.24) is 4.57 Å². The SMILES string of the molecule is CCO[Si](CCCn1cc[n+](CCC#N)c1)(OCC)OCC. The van der Waals surface area contributed by atoms with Gasteiger partial charge in [-0.15, -0.1) is 0 Å². The topological polar surface area (TPSA) is 60.3 Å². The molecule has 0 saturated carbocycles. The van der Waals surface area contributed by atoms with Crippen molar-refractivity contribution in [2.75, 3.05) is 19.8 Å². The van der Waals surface area contributed by atoms with Crippen LogP contribution in [0.25, 0.3) is 0 Å². The van der Waals surface area contributed by atoms with Gasteiger partial charge in [0, 0.05) is 25.9 Å². The van der Waals surface area contributed by atoms with E-state index in [-0.39, 0.29) is 0 Å². The summed E-state index contributed by atoms with van der Waals surface area (Å²) < 4.78 is 21.7. The zero-order chi connectivity index (χ0) is 16.3. The molecule has 6 nitrogen and oxygen atoms in total. The van der Waals surface area contributed by atoms with Crippen molar-refractivity contribution in [3.8, 4) is 6.07 Å². The van der Waals surface area contributed by atoms with Crippen molar-refractivity contribution in [3.05, 3.63) is 18.7 Å². The van der Waals surface area contributed by atoms with Gasteiger partial charge >= 0.3 is 8.80 Å². The Labute approximate surface area is 134 Å². The van der Waals surface area contributed by atoms with Crippen molar-refractivity contribution in [1.29, 1.82) is 5.26 Å². The van der Waals surface area contributed by atoms with Gasteiger partial charge in [0.2, 0.25) is 6.33 Å². The largest absolute Gasteiger partial charge is 0.501 e. The normalized spacial score (nSPS) is 11.5. The van der Waals surface area contributed by atoms with Gasteiger partial charge in [-0.1, -0.05) is 0 Å². The van der Waals surface area contributed by atoms with Gasteiger partial charge in [0.15, 0.2) is 0 Å². The van der Waals surface area contributed by atoms with Crippen LogP contribution in [0.5, 0.6) is 0 Å². The van der Waals surface area contributed by atoms with Gasteiger partial charge in [0.1, 0.15) is 18.9 Å². The number of aromatic nitrogens is 2. The molecule has 0 aromatic carbocycles. The van der Waals surface area contributed by atoms with Crippen molar-refractivity contribution < 1.29 is 17.8 Å². The third-order valence-electron chi connectivity index (χ3n) is 3.22. The van der Waals surface area contributed by atoms with Crippen LogP contribution in [-0.4, -0.2) is 33.2 Å². The summed E-state index contributed by atoms with van der Waals surface area (Å²) in [6.45, 7) is 9.40. The van der Waals surface area contributed by atoms with E-state index in [1.807, 2.05) is 44.1 Å². The quantitative estimate of drug-likeness (QED) is 0.436. The average molecular weight is 326 g/mol. The van der Waals surface area contributed by atoms with E-state index in [0.717, 1.165) is 25.6 Å². The smallest absolute Gasteiger partial charge is 0.374 e. The van der Waals surface area contributed by atoms with Crippen LogP contribution in [0.2, 0.25) is 6.04 Å². The third kappa shape index (κ3) is 6.28. The Morgan fingerprint density at radius 3 is 2.32 bits per heavy atom. The Morgan fingerprint density at radius 1 is 1.14 bits per heavy atom. The fourth-order valence-electron chi connectivity index (χ4n) is 2.36. The fourth-order valence-corrected chi connectivity index (χ4v) is 4.96. The van der Waals surface area contributed by atoms with Gasteiger partial charge in [0.05, 0.1) is 19.0 Å². The molecule has 1 heterocycles. The summed E-state index contributed by atoms with van der Waals surface area (Å²) in [6.07, 6.45) is 7.53. The Morgan fingerprint density at radius 2 is 1.77 bits per heavy atom. The van der Waals surface area contributed by atoms with Crippen LogP contribution in [-0.2, 0) is 26.4 Å². The first-order valence-corrected chi connectivity index (χ1v) is 9.96. The van der Waals surface area contributed by atoms with Crippen LogP contribution in [0.4, 0.5) is 0 Å². The van der Waals surface area contributed by atoms with Gasteiger partial charge < -0.3 is 13.3 Å². The highest BCUT2D eigenvalue weighted by molar-refractivity contribution is 6.60. The average Bonchev–Trinajstić information content (AvgIpc) is 2.94. The Balaban J connectivity index is 2.50. The lowest BCUT2D eigenvalue weighted by atomic mass is 10.5. The molecule has 0 bridgehead atoms. The minimum Gasteiger partial charge on any atom is -0.374 e. The summed E-state index contributed by atoms with van der Waals surface area (Å²) in [4.78, 5) is 0. The monoisotopic (exact) mass is 326 g/mol. The molecule has 0 aliphatic carbocycles. The summed E-state index contributed by atoms with van der Waals surface area (Å²) in [5.41, 5.74) is 0. The van der Waals surface area contributed by atoms with Crippen LogP contribution in [0, 0.1) is 11.3 Å². The fraction of sp³-hybridized carbons (Fsp3) is 0.733. The number of nitriles is 1. The summed E-state index contributed by atoms with van der Waals surface area (Å²) in [5.74, 6) is 0. The number of rotatable bonds is 12. The lowest BCUT2D eigenvalue weighted by Crippen LogP contribution is -2.46. The summed E-state index contributed by atoms with van der Waals surface area (Å²) in [6, 6.07) is 2.97. The molecule has 0 saturated heterocycles. The van der Waals surface area contributed by atoms with E-state index >= 15 is 0 Å². The van der Waals surface area contributed by atoms with E-state index < -0.39 is 8.80 Å². The van der Waals surface area contributed by atoms with Gasteiger partial charge in [0.25, 0.3) is 0 Å². The zero-order valence-corrected chi connectivity index (χ0v) is 15.0. The van der Waals surface area contributed by atoms with Gasteiger partial charge in [-0.3, -0.25) is 0 Å². The lowest BCUT2D eigenvalue weighted by molar-refractivity contribution is -0.695. The second kappa shape index (κ2) is 10.5. The van der Waals surface area contributed by atoms with E-state index in [2.05, 4.69) is 10.6 Å². The molecule has 7 heteroatoms. The van der Waals surface area contributed by atoms with Crippen molar-refractivity contribution in [2.24, 2.45) is 0 Å². The predicted octanol–water partition coefficient (Wildman–Crippen LogP) is 2.13. The van der Waals surface area contributed by atoms with Crippen LogP contribution in [0.15, 0.2) is 18.7 Å². The molecule has 0 radical (unpaired) electrons. The maximum Gasteiger partial charge on any atom is 0.501 e. The molecule has 0 aliphatic heterocycles. The summed E-state index contributed by atoms with van der Waals surface area (Å²) >= 11 is 0. The molecule has 0 unspecified atom stereocenters. The molecule has 1 aromatic rings. The van der Waals surface area contributed by atoms with Crippen LogP contribution in [0.3, 0.4) is 0 Å². The first kappa shape index (κ1) is 18.8. The number of hydrogen-bond acceptors (Lipinski definition) is 4. The highest BCUT2D eigenvalue weighted by atomic mass is 28.4. The molecular weight excluding hydrogens is 298 g/mol. The van der Waals surface area contributed by atoms with Crippen molar-refractivity contribution in [2.45, 2.75) is 52.7 Å². The van der Waals surface area contributed by atoms with Gasteiger partial charge in [-0.2, -0.15) is 5.26 Å². The van der Waals surface area contributed by atoms with E-state index in [1.165, 1.54) is 0 Å².